The largest absolute Gasteiger partial charge is 0.477 e. The van der Waals surface area contributed by atoms with Gasteiger partial charge >= 0.3 is 17.9 Å². The highest BCUT2D eigenvalue weighted by atomic mass is 16.6. The Bertz CT molecular complexity index is 1100. The number of esters is 2. The topological polar surface area (TPSA) is 99.1 Å². The Balaban J connectivity index is 4.15. The quantitative estimate of drug-likeness (QED) is 0.0281. The number of aliphatic carboxylic acids is 1. The fraction of sp³-hybridized carbons (Fsp3) is 0.875. The predicted molar refractivity (Wildman–Crippen MR) is 271 cm³/mol. The first-order valence-corrected chi connectivity index (χ1v) is 27.4. The van der Waals surface area contributed by atoms with Gasteiger partial charge in [0.25, 0.3) is 0 Å². The molecule has 0 amide bonds. The maximum atomic E-state index is 12.8. The highest BCUT2D eigenvalue weighted by molar-refractivity contribution is 5.72. The summed E-state index contributed by atoms with van der Waals surface area (Å²) >= 11 is 0. The van der Waals surface area contributed by atoms with E-state index in [-0.39, 0.29) is 36.2 Å². The third kappa shape index (κ3) is 45.0. The van der Waals surface area contributed by atoms with Crippen molar-refractivity contribution in [2.75, 3.05) is 41.0 Å². The minimum absolute atomic E-state index is 0.0490. The van der Waals surface area contributed by atoms with E-state index in [1.807, 2.05) is 21.1 Å². The molecule has 0 aliphatic rings. The first-order chi connectivity index (χ1) is 31.1. The van der Waals surface area contributed by atoms with Crippen LogP contribution in [0.25, 0.3) is 0 Å². The predicted octanol–water partition coefficient (Wildman–Crippen LogP) is 16.0. The smallest absolute Gasteiger partial charge is 0.362 e. The highest BCUT2D eigenvalue weighted by Gasteiger charge is 2.31. The molecular weight excluding hydrogens is 799 g/mol. The molecule has 0 saturated heterocycles. The minimum Gasteiger partial charge on any atom is -0.477 e. The van der Waals surface area contributed by atoms with Crippen LogP contribution in [0.1, 0.15) is 264 Å². The van der Waals surface area contributed by atoms with Crippen LogP contribution in [0.5, 0.6) is 0 Å². The molecule has 0 saturated carbocycles. The van der Waals surface area contributed by atoms with E-state index in [1.165, 1.54) is 180 Å². The lowest BCUT2D eigenvalue weighted by Crippen LogP contribution is -2.50. The number of quaternary nitrogens is 1. The average Bonchev–Trinajstić information content (AvgIpc) is 3.26. The second-order valence-electron chi connectivity index (χ2n) is 19.8. The average molecular weight is 905 g/mol. The summed E-state index contributed by atoms with van der Waals surface area (Å²) < 4.78 is 17.4. The Hall–Kier alpha value is -2.19. The number of carboxylic acids is 1. The van der Waals surface area contributed by atoms with Crippen LogP contribution in [-0.4, -0.2) is 80.6 Å². The number of hydrogen-bond acceptors (Lipinski definition) is 6. The van der Waals surface area contributed by atoms with Crippen LogP contribution in [0.4, 0.5) is 0 Å². The van der Waals surface area contributed by atoms with Crippen molar-refractivity contribution in [3.63, 3.8) is 0 Å². The minimum atomic E-state index is -0.873. The molecule has 0 bridgehead atoms. The Morgan fingerprint density at radius 3 is 1.23 bits per heavy atom. The van der Waals surface area contributed by atoms with Gasteiger partial charge in [0.05, 0.1) is 34.4 Å². The maximum absolute atomic E-state index is 12.8. The first kappa shape index (κ1) is 61.8. The molecule has 0 aliphatic heterocycles. The van der Waals surface area contributed by atoms with Gasteiger partial charge in [0.2, 0.25) is 0 Å². The number of likely N-dealkylation sites (N-methyl/N-ethyl adjacent to an activating group) is 1. The molecule has 376 valence electrons. The number of rotatable bonds is 50. The molecule has 8 nitrogen and oxygen atoms in total. The van der Waals surface area contributed by atoms with E-state index >= 15 is 0 Å². The van der Waals surface area contributed by atoms with Crippen molar-refractivity contribution in [1.29, 1.82) is 0 Å². The van der Waals surface area contributed by atoms with E-state index in [9.17, 15) is 19.5 Å². The number of carboxylic acid groups (broad SMARTS) is 1. The van der Waals surface area contributed by atoms with Crippen molar-refractivity contribution in [1.82, 2.24) is 0 Å². The van der Waals surface area contributed by atoms with Gasteiger partial charge in [0.1, 0.15) is 6.61 Å². The van der Waals surface area contributed by atoms with Gasteiger partial charge in [-0.05, 0) is 44.9 Å². The van der Waals surface area contributed by atoms with Gasteiger partial charge < -0.3 is 23.8 Å². The third-order valence-corrected chi connectivity index (χ3v) is 12.6. The summed E-state index contributed by atoms with van der Waals surface area (Å²) in [5.41, 5.74) is 0. The van der Waals surface area contributed by atoms with Crippen molar-refractivity contribution in [2.45, 2.75) is 276 Å². The second kappa shape index (κ2) is 47.3. The zero-order chi connectivity index (χ0) is 47.0. The lowest BCUT2D eigenvalue weighted by molar-refractivity contribution is -0.887. The Kier molecular flexibility index (Phi) is 45.7. The molecule has 0 radical (unpaired) electrons. The molecule has 0 rings (SSSR count). The molecule has 0 fully saturated rings. The molecule has 0 aromatic heterocycles. The molecule has 2 atom stereocenters. The second-order valence-corrected chi connectivity index (χ2v) is 19.8. The van der Waals surface area contributed by atoms with Crippen LogP contribution < -0.4 is 0 Å². The molecule has 64 heavy (non-hydrogen) atoms. The van der Waals surface area contributed by atoms with Crippen LogP contribution >= 0.6 is 0 Å². The van der Waals surface area contributed by atoms with Crippen LogP contribution in [0, 0.1) is 0 Å². The molecule has 0 aliphatic carbocycles. The normalized spacial score (nSPS) is 13.0. The van der Waals surface area contributed by atoms with Gasteiger partial charge in [-0.3, -0.25) is 9.59 Å². The molecule has 8 heteroatoms. The number of ether oxygens (including phenoxy) is 3. The molecule has 0 aromatic rings. The molecule has 2 unspecified atom stereocenters. The first-order valence-electron chi connectivity index (χ1n) is 27.4. The van der Waals surface area contributed by atoms with Crippen molar-refractivity contribution in [3.05, 3.63) is 24.3 Å². The number of allylic oxidation sites excluding steroid dienone is 4. The Morgan fingerprint density at radius 2 is 0.828 bits per heavy atom. The number of carbonyl (C=O) groups excluding carboxylic acids is 2. The number of unbranched alkanes of at least 4 members (excludes halogenated alkanes) is 32. The zero-order valence-electron chi connectivity index (χ0n) is 43.0. The lowest BCUT2D eigenvalue weighted by atomic mass is 10.0. The number of carbonyl (C=O) groups is 3. The van der Waals surface area contributed by atoms with E-state index in [2.05, 4.69) is 38.2 Å². The van der Waals surface area contributed by atoms with Gasteiger partial charge in [0, 0.05) is 19.3 Å². The van der Waals surface area contributed by atoms with Crippen LogP contribution in [0.15, 0.2) is 24.3 Å². The fourth-order valence-corrected chi connectivity index (χ4v) is 8.36. The molecular formula is C56H106NO7+. The molecule has 1 N–H and O–H groups in total. The SMILES string of the molecule is CCCCC/C=C/C/C=C/CCCCCCCCCC(=O)OC(COCCC(C(=O)O)[N+](C)(C)C)COC(=O)CCCCCCCCCCCCCCCCCCCCCCCCC. The monoisotopic (exact) mass is 905 g/mol. The molecule has 0 aromatic carbocycles. The van der Waals surface area contributed by atoms with Crippen LogP contribution in [0.3, 0.4) is 0 Å². The van der Waals surface area contributed by atoms with E-state index < -0.39 is 18.1 Å². The summed E-state index contributed by atoms with van der Waals surface area (Å²) in [7, 11) is 5.54. The summed E-state index contributed by atoms with van der Waals surface area (Å²) in [6.07, 6.45) is 55.2. The maximum Gasteiger partial charge on any atom is 0.362 e. The number of nitrogens with zero attached hydrogens (tertiary/aromatic N) is 1. The fourth-order valence-electron chi connectivity index (χ4n) is 8.36. The standard InChI is InChI=1S/C56H105NO7/c1-6-8-10-12-14-16-18-20-22-24-25-26-27-28-29-31-32-34-36-38-40-42-44-46-54(58)63-51-52(50-62-49-48-53(56(60)61)57(3,4)5)64-55(59)47-45-43-41-39-37-35-33-30-23-21-19-17-15-13-11-9-7-2/h15,17,21,23,52-53H,6-14,16,18-20,22,24-51H2,1-5H3/p+1/b17-15+,23-21+. The summed E-state index contributed by atoms with van der Waals surface area (Å²) in [4.78, 5) is 37.2. The summed E-state index contributed by atoms with van der Waals surface area (Å²) in [6, 6.07) is -0.614. The lowest BCUT2D eigenvalue weighted by Gasteiger charge is -2.31. The van der Waals surface area contributed by atoms with Crippen molar-refractivity contribution < 1.29 is 38.2 Å². The summed E-state index contributed by atoms with van der Waals surface area (Å²) in [5.74, 6) is -1.46. The van der Waals surface area contributed by atoms with Crippen molar-refractivity contribution in [2.24, 2.45) is 0 Å². The molecule has 0 heterocycles. The van der Waals surface area contributed by atoms with E-state index in [0.29, 0.717) is 19.3 Å². The molecule has 0 spiro atoms. The van der Waals surface area contributed by atoms with Crippen LogP contribution in [-0.2, 0) is 28.6 Å². The van der Waals surface area contributed by atoms with Crippen molar-refractivity contribution in [3.8, 4) is 0 Å². The van der Waals surface area contributed by atoms with Crippen molar-refractivity contribution >= 4 is 17.9 Å². The van der Waals surface area contributed by atoms with Gasteiger partial charge in [0.15, 0.2) is 12.1 Å². The van der Waals surface area contributed by atoms with Gasteiger partial charge in [-0.2, -0.15) is 0 Å². The van der Waals surface area contributed by atoms with E-state index in [1.54, 1.807) is 0 Å². The van der Waals surface area contributed by atoms with Crippen LogP contribution in [0.2, 0.25) is 0 Å². The van der Waals surface area contributed by atoms with Gasteiger partial charge in [-0.1, -0.05) is 224 Å². The van der Waals surface area contributed by atoms with E-state index in [4.69, 9.17) is 14.2 Å². The van der Waals surface area contributed by atoms with Gasteiger partial charge in [-0.15, -0.1) is 0 Å². The highest BCUT2D eigenvalue weighted by Crippen LogP contribution is 2.17. The summed E-state index contributed by atoms with van der Waals surface area (Å²) in [6.45, 7) is 4.75. The number of hydrogen-bond donors (Lipinski definition) is 1. The Labute approximate surface area is 396 Å². The van der Waals surface area contributed by atoms with E-state index in [0.717, 1.165) is 51.4 Å². The zero-order valence-corrected chi connectivity index (χ0v) is 43.0. The van der Waals surface area contributed by atoms with Gasteiger partial charge in [-0.25, -0.2) is 4.79 Å². The summed E-state index contributed by atoms with van der Waals surface area (Å²) in [5, 5.41) is 9.66. The third-order valence-electron chi connectivity index (χ3n) is 12.6. The Morgan fingerprint density at radius 1 is 0.469 bits per heavy atom.